The molecule has 4 heteroatoms. The third-order valence-electron chi connectivity index (χ3n) is 1.78. The molecular weight excluding hydrogens is 182 g/mol. The molecule has 14 heavy (non-hydrogen) atoms. The molecule has 76 valence electrons. The van der Waals surface area contributed by atoms with Crippen LogP contribution in [-0.4, -0.2) is 40.8 Å². The van der Waals surface area contributed by atoms with Crippen LogP contribution in [0.1, 0.15) is 5.56 Å². The van der Waals surface area contributed by atoms with Gasteiger partial charge in [0.15, 0.2) is 0 Å². The summed E-state index contributed by atoms with van der Waals surface area (Å²) < 4.78 is 0. The second kappa shape index (κ2) is 5.36. The highest BCUT2D eigenvalue weighted by molar-refractivity contribution is 5.83. The van der Waals surface area contributed by atoms with Crippen LogP contribution in [0.15, 0.2) is 29.3 Å². The molecule has 0 aliphatic heterocycles. The maximum absolute atomic E-state index is 9.35. The predicted molar refractivity (Wildman–Crippen MR) is 53.7 cm³/mol. The summed E-state index contributed by atoms with van der Waals surface area (Å²) in [5.74, 6) is 0.130. The Morgan fingerprint density at radius 1 is 1.21 bits per heavy atom. The topological polar surface area (TPSA) is 73.0 Å². The first-order chi connectivity index (χ1) is 6.77. The van der Waals surface area contributed by atoms with E-state index in [1.54, 1.807) is 24.3 Å². The monoisotopic (exact) mass is 195 g/mol. The molecule has 0 heterocycles. The average Bonchev–Trinajstić information content (AvgIpc) is 2.22. The third kappa shape index (κ3) is 2.83. The van der Waals surface area contributed by atoms with Gasteiger partial charge in [0.05, 0.1) is 19.3 Å². The van der Waals surface area contributed by atoms with Crippen molar-refractivity contribution in [3.63, 3.8) is 0 Å². The minimum atomic E-state index is -0.519. The quantitative estimate of drug-likeness (QED) is 0.599. The molecule has 0 unspecified atom stereocenters. The van der Waals surface area contributed by atoms with Crippen molar-refractivity contribution in [2.75, 3.05) is 13.2 Å². The second-order valence-electron chi connectivity index (χ2n) is 2.86. The number of aliphatic hydroxyl groups is 2. The first-order valence-corrected chi connectivity index (χ1v) is 4.30. The maximum atomic E-state index is 9.35. The SMILES string of the molecule is OCC(CO)N=Cc1ccccc1O. The lowest BCUT2D eigenvalue weighted by molar-refractivity contribution is 0.195. The Balaban J connectivity index is 2.72. The molecule has 1 aromatic carbocycles. The lowest BCUT2D eigenvalue weighted by Gasteiger charge is -2.03. The molecule has 0 aromatic heterocycles. The molecule has 0 atom stereocenters. The van der Waals surface area contributed by atoms with Crippen LogP contribution in [0.3, 0.4) is 0 Å². The van der Waals surface area contributed by atoms with E-state index in [0.717, 1.165) is 0 Å². The van der Waals surface area contributed by atoms with E-state index in [4.69, 9.17) is 10.2 Å². The van der Waals surface area contributed by atoms with Gasteiger partial charge in [-0.25, -0.2) is 0 Å². The summed E-state index contributed by atoms with van der Waals surface area (Å²) in [7, 11) is 0. The van der Waals surface area contributed by atoms with Gasteiger partial charge in [-0.15, -0.1) is 0 Å². The van der Waals surface area contributed by atoms with E-state index in [1.807, 2.05) is 0 Å². The van der Waals surface area contributed by atoms with Crippen molar-refractivity contribution < 1.29 is 15.3 Å². The maximum Gasteiger partial charge on any atom is 0.124 e. The number of hydrogen-bond donors (Lipinski definition) is 3. The van der Waals surface area contributed by atoms with E-state index in [2.05, 4.69) is 4.99 Å². The fraction of sp³-hybridized carbons (Fsp3) is 0.300. The van der Waals surface area contributed by atoms with Crippen LogP contribution < -0.4 is 0 Å². The van der Waals surface area contributed by atoms with Gasteiger partial charge in [0, 0.05) is 11.8 Å². The van der Waals surface area contributed by atoms with Crippen molar-refractivity contribution in [3.8, 4) is 5.75 Å². The number of phenolic OH excluding ortho intramolecular Hbond substituents is 1. The number of rotatable bonds is 4. The highest BCUT2D eigenvalue weighted by Crippen LogP contribution is 2.12. The molecule has 0 amide bonds. The fourth-order valence-electron chi connectivity index (χ4n) is 0.934. The van der Waals surface area contributed by atoms with Crippen molar-refractivity contribution in [3.05, 3.63) is 29.8 Å². The minimum absolute atomic E-state index is 0.130. The summed E-state index contributed by atoms with van der Waals surface area (Å²) in [5.41, 5.74) is 0.569. The first kappa shape index (κ1) is 10.7. The number of nitrogens with zero attached hydrogens (tertiary/aromatic N) is 1. The van der Waals surface area contributed by atoms with Crippen LogP contribution in [0.4, 0.5) is 0 Å². The molecule has 0 radical (unpaired) electrons. The summed E-state index contributed by atoms with van der Waals surface area (Å²) in [6.45, 7) is -0.415. The number of hydrogen-bond acceptors (Lipinski definition) is 4. The predicted octanol–water partition coefficient (Wildman–Crippen LogP) is 0.164. The number of phenols is 1. The Kier molecular flexibility index (Phi) is 4.10. The lowest BCUT2D eigenvalue weighted by Crippen LogP contribution is -2.15. The van der Waals surface area contributed by atoms with Crippen LogP contribution in [0.25, 0.3) is 0 Å². The van der Waals surface area contributed by atoms with Gasteiger partial charge >= 0.3 is 0 Å². The highest BCUT2D eigenvalue weighted by Gasteiger charge is 2.01. The molecule has 0 saturated heterocycles. The van der Waals surface area contributed by atoms with E-state index in [9.17, 15) is 5.11 Å². The van der Waals surface area contributed by atoms with Crippen LogP contribution in [0, 0.1) is 0 Å². The van der Waals surface area contributed by atoms with Gasteiger partial charge in [-0.2, -0.15) is 0 Å². The van der Waals surface area contributed by atoms with E-state index in [0.29, 0.717) is 5.56 Å². The number of aromatic hydroxyl groups is 1. The fourth-order valence-corrected chi connectivity index (χ4v) is 0.934. The smallest absolute Gasteiger partial charge is 0.124 e. The first-order valence-electron chi connectivity index (χ1n) is 4.30. The zero-order valence-corrected chi connectivity index (χ0v) is 7.67. The Morgan fingerprint density at radius 3 is 2.43 bits per heavy atom. The minimum Gasteiger partial charge on any atom is -0.507 e. The van der Waals surface area contributed by atoms with Gasteiger partial charge in [0.2, 0.25) is 0 Å². The molecule has 3 N–H and O–H groups in total. The zero-order valence-electron chi connectivity index (χ0n) is 7.67. The molecule has 0 bridgehead atoms. The van der Waals surface area contributed by atoms with E-state index < -0.39 is 6.04 Å². The molecule has 1 rings (SSSR count). The number of aliphatic imine (C=N–C) groups is 1. The Labute approximate surface area is 82.2 Å². The Hall–Kier alpha value is -1.39. The Bertz CT molecular complexity index is 308. The van der Waals surface area contributed by atoms with Gasteiger partial charge in [0.25, 0.3) is 0 Å². The summed E-state index contributed by atoms with van der Waals surface area (Å²) in [6.07, 6.45) is 1.44. The molecule has 0 spiro atoms. The van der Waals surface area contributed by atoms with Crippen molar-refractivity contribution in [1.29, 1.82) is 0 Å². The average molecular weight is 195 g/mol. The third-order valence-corrected chi connectivity index (χ3v) is 1.78. The van der Waals surface area contributed by atoms with Crippen LogP contribution >= 0.6 is 0 Å². The van der Waals surface area contributed by atoms with Crippen LogP contribution in [0.5, 0.6) is 5.75 Å². The Morgan fingerprint density at radius 2 is 1.86 bits per heavy atom. The van der Waals surface area contributed by atoms with Crippen molar-refractivity contribution in [1.82, 2.24) is 0 Å². The van der Waals surface area contributed by atoms with Gasteiger partial charge in [-0.3, -0.25) is 4.99 Å². The van der Waals surface area contributed by atoms with E-state index >= 15 is 0 Å². The second-order valence-corrected chi connectivity index (χ2v) is 2.86. The number of para-hydroxylation sites is 1. The van der Waals surface area contributed by atoms with Crippen LogP contribution in [-0.2, 0) is 0 Å². The highest BCUT2D eigenvalue weighted by atomic mass is 16.3. The van der Waals surface area contributed by atoms with Crippen LogP contribution in [0.2, 0.25) is 0 Å². The van der Waals surface area contributed by atoms with Crippen molar-refractivity contribution in [2.24, 2.45) is 4.99 Å². The zero-order chi connectivity index (χ0) is 10.4. The van der Waals surface area contributed by atoms with Crippen molar-refractivity contribution >= 4 is 6.21 Å². The van der Waals surface area contributed by atoms with Gasteiger partial charge in [-0.1, -0.05) is 12.1 Å². The molecule has 0 saturated carbocycles. The summed E-state index contributed by atoms with van der Waals surface area (Å²) in [6, 6.07) is 6.21. The molecule has 1 aromatic rings. The van der Waals surface area contributed by atoms with Crippen molar-refractivity contribution in [2.45, 2.75) is 6.04 Å². The summed E-state index contributed by atoms with van der Waals surface area (Å²) in [4.78, 5) is 3.91. The normalized spacial score (nSPS) is 11.4. The molecular formula is C10H13NO3. The molecule has 0 aliphatic carbocycles. The molecule has 0 aliphatic rings. The molecule has 0 fully saturated rings. The molecule has 4 nitrogen and oxygen atoms in total. The number of benzene rings is 1. The largest absolute Gasteiger partial charge is 0.507 e. The lowest BCUT2D eigenvalue weighted by atomic mass is 10.2. The summed E-state index contributed by atoms with van der Waals surface area (Å²) in [5, 5.41) is 26.8. The van der Waals surface area contributed by atoms with E-state index in [1.165, 1.54) is 6.21 Å². The number of aliphatic hydroxyl groups excluding tert-OH is 2. The van der Waals surface area contributed by atoms with Gasteiger partial charge < -0.3 is 15.3 Å². The van der Waals surface area contributed by atoms with Gasteiger partial charge in [-0.05, 0) is 12.1 Å². The summed E-state index contributed by atoms with van der Waals surface area (Å²) >= 11 is 0. The van der Waals surface area contributed by atoms with E-state index in [-0.39, 0.29) is 19.0 Å². The standard InChI is InChI=1S/C10H13NO3/c12-6-9(7-13)11-5-8-3-1-2-4-10(8)14/h1-5,9,12-14H,6-7H2. The van der Waals surface area contributed by atoms with Gasteiger partial charge in [0.1, 0.15) is 5.75 Å².